The lowest BCUT2D eigenvalue weighted by Gasteiger charge is -2.06. The maximum atomic E-state index is 12.9. The summed E-state index contributed by atoms with van der Waals surface area (Å²) >= 11 is 0. The zero-order valence-electron chi connectivity index (χ0n) is 8.01. The van der Waals surface area contributed by atoms with E-state index in [1.54, 1.807) is 6.07 Å². The molecular formula is C10H8FN3O. The Labute approximate surface area is 85.8 Å². The van der Waals surface area contributed by atoms with Crippen molar-refractivity contribution in [2.75, 3.05) is 7.11 Å². The number of rotatable bonds is 2. The SMILES string of the molecule is COc1cc(F)ccc1-c1ncncn1. The summed E-state index contributed by atoms with van der Waals surface area (Å²) in [6.45, 7) is 0. The molecule has 5 heteroatoms. The first-order valence-corrected chi connectivity index (χ1v) is 4.27. The van der Waals surface area contributed by atoms with Gasteiger partial charge in [-0.15, -0.1) is 0 Å². The Hall–Kier alpha value is -2.04. The molecule has 2 aromatic rings. The molecule has 0 bridgehead atoms. The number of aromatic nitrogens is 3. The second-order valence-corrected chi connectivity index (χ2v) is 2.81. The lowest BCUT2D eigenvalue weighted by molar-refractivity contribution is 0.412. The second-order valence-electron chi connectivity index (χ2n) is 2.81. The molecule has 0 saturated heterocycles. The first-order chi connectivity index (χ1) is 7.31. The van der Waals surface area contributed by atoms with Gasteiger partial charge in [-0.2, -0.15) is 0 Å². The van der Waals surface area contributed by atoms with E-state index in [-0.39, 0.29) is 5.82 Å². The van der Waals surface area contributed by atoms with Gasteiger partial charge in [0.15, 0.2) is 5.82 Å². The molecule has 0 unspecified atom stereocenters. The highest BCUT2D eigenvalue weighted by atomic mass is 19.1. The Balaban J connectivity index is 2.53. The fourth-order valence-corrected chi connectivity index (χ4v) is 1.23. The Bertz CT molecular complexity index is 461. The van der Waals surface area contributed by atoms with E-state index in [0.717, 1.165) is 0 Å². The molecule has 0 amide bonds. The van der Waals surface area contributed by atoms with E-state index >= 15 is 0 Å². The van der Waals surface area contributed by atoms with Crippen LogP contribution in [-0.4, -0.2) is 22.1 Å². The van der Waals surface area contributed by atoms with E-state index in [0.29, 0.717) is 17.1 Å². The normalized spacial score (nSPS) is 10.0. The molecule has 0 N–H and O–H groups in total. The van der Waals surface area contributed by atoms with Gasteiger partial charge in [-0.25, -0.2) is 19.3 Å². The summed E-state index contributed by atoms with van der Waals surface area (Å²) in [6.07, 6.45) is 2.76. The fraction of sp³-hybridized carbons (Fsp3) is 0.100. The number of benzene rings is 1. The minimum atomic E-state index is -0.357. The molecule has 4 nitrogen and oxygen atoms in total. The summed E-state index contributed by atoms with van der Waals surface area (Å²) in [4.78, 5) is 11.6. The highest BCUT2D eigenvalue weighted by Gasteiger charge is 2.08. The fourth-order valence-electron chi connectivity index (χ4n) is 1.23. The van der Waals surface area contributed by atoms with E-state index in [1.807, 2.05) is 0 Å². The third kappa shape index (κ3) is 1.90. The minimum Gasteiger partial charge on any atom is -0.496 e. The predicted octanol–water partition coefficient (Wildman–Crippen LogP) is 1.69. The summed E-state index contributed by atoms with van der Waals surface area (Å²) in [5.41, 5.74) is 0.640. The molecule has 1 heterocycles. The molecule has 1 aromatic heterocycles. The highest BCUT2D eigenvalue weighted by Crippen LogP contribution is 2.27. The number of methoxy groups -OCH3 is 1. The Morgan fingerprint density at radius 1 is 1.20 bits per heavy atom. The summed E-state index contributed by atoms with van der Waals surface area (Å²) in [5.74, 6) is 0.507. The van der Waals surface area contributed by atoms with Crippen LogP contribution in [0.25, 0.3) is 11.4 Å². The molecule has 0 aliphatic heterocycles. The lowest BCUT2D eigenvalue weighted by Crippen LogP contribution is -1.93. The van der Waals surface area contributed by atoms with Crippen molar-refractivity contribution in [2.45, 2.75) is 0 Å². The predicted molar refractivity (Wildman–Crippen MR) is 51.8 cm³/mol. The van der Waals surface area contributed by atoms with Crippen LogP contribution in [0.1, 0.15) is 0 Å². The molecule has 2 rings (SSSR count). The summed E-state index contributed by atoms with van der Waals surface area (Å²) in [6, 6.07) is 4.20. The third-order valence-corrected chi connectivity index (χ3v) is 1.90. The molecule has 1 aromatic carbocycles. The van der Waals surface area contributed by atoms with Crippen LogP contribution in [0, 0.1) is 5.82 Å². The summed E-state index contributed by atoms with van der Waals surface area (Å²) in [5, 5.41) is 0. The summed E-state index contributed by atoms with van der Waals surface area (Å²) in [7, 11) is 1.47. The van der Waals surface area contributed by atoms with Crippen molar-refractivity contribution in [1.29, 1.82) is 0 Å². The molecule has 0 saturated carbocycles. The van der Waals surface area contributed by atoms with Crippen LogP contribution in [0.4, 0.5) is 4.39 Å². The van der Waals surface area contributed by atoms with Gasteiger partial charge in [0.1, 0.15) is 24.2 Å². The van der Waals surface area contributed by atoms with Crippen molar-refractivity contribution in [3.8, 4) is 17.1 Å². The summed E-state index contributed by atoms with van der Waals surface area (Å²) < 4.78 is 18.0. The van der Waals surface area contributed by atoms with Gasteiger partial charge in [-0.3, -0.25) is 0 Å². The zero-order valence-corrected chi connectivity index (χ0v) is 8.01. The molecule has 76 valence electrons. The lowest BCUT2D eigenvalue weighted by atomic mass is 10.2. The van der Waals surface area contributed by atoms with Gasteiger partial charge in [-0.05, 0) is 12.1 Å². The van der Waals surface area contributed by atoms with Gasteiger partial charge >= 0.3 is 0 Å². The van der Waals surface area contributed by atoms with Crippen molar-refractivity contribution in [3.63, 3.8) is 0 Å². The molecule has 0 aliphatic rings. The minimum absolute atomic E-state index is 0.357. The van der Waals surface area contributed by atoms with E-state index in [9.17, 15) is 4.39 Å². The second kappa shape index (κ2) is 4.00. The van der Waals surface area contributed by atoms with E-state index in [4.69, 9.17) is 4.74 Å². The van der Waals surface area contributed by atoms with Crippen LogP contribution in [0.15, 0.2) is 30.9 Å². The molecular weight excluding hydrogens is 197 g/mol. The van der Waals surface area contributed by atoms with Crippen molar-refractivity contribution in [2.24, 2.45) is 0 Å². The van der Waals surface area contributed by atoms with E-state index in [2.05, 4.69) is 15.0 Å². The van der Waals surface area contributed by atoms with Gasteiger partial charge in [0.05, 0.1) is 12.7 Å². The number of halogens is 1. The first-order valence-electron chi connectivity index (χ1n) is 4.27. The van der Waals surface area contributed by atoms with Gasteiger partial charge in [-0.1, -0.05) is 0 Å². The first kappa shape index (κ1) is 9.51. The Morgan fingerprint density at radius 3 is 2.60 bits per heavy atom. The zero-order chi connectivity index (χ0) is 10.7. The van der Waals surface area contributed by atoms with Gasteiger partial charge < -0.3 is 4.74 Å². The largest absolute Gasteiger partial charge is 0.496 e. The molecule has 0 radical (unpaired) electrons. The van der Waals surface area contributed by atoms with Crippen LogP contribution in [0.3, 0.4) is 0 Å². The van der Waals surface area contributed by atoms with Crippen LogP contribution < -0.4 is 4.74 Å². The number of nitrogens with zero attached hydrogens (tertiary/aromatic N) is 3. The number of ether oxygens (including phenoxy) is 1. The van der Waals surface area contributed by atoms with Crippen molar-refractivity contribution >= 4 is 0 Å². The number of hydrogen-bond donors (Lipinski definition) is 0. The van der Waals surface area contributed by atoms with Crippen molar-refractivity contribution in [3.05, 3.63) is 36.7 Å². The van der Waals surface area contributed by atoms with E-state index < -0.39 is 0 Å². The molecule has 0 spiro atoms. The van der Waals surface area contributed by atoms with Gasteiger partial charge in [0.2, 0.25) is 0 Å². The maximum absolute atomic E-state index is 12.9. The highest BCUT2D eigenvalue weighted by molar-refractivity contribution is 5.63. The van der Waals surface area contributed by atoms with Gasteiger partial charge in [0.25, 0.3) is 0 Å². The molecule has 0 fully saturated rings. The number of hydrogen-bond acceptors (Lipinski definition) is 4. The van der Waals surface area contributed by atoms with Crippen LogP contribution in [-0.2, 0) is 0 Å². The third-order valence-electron chi connectivity index (χ3n) is 1.90. The molecule has 0 atom stereocenters. The van der Waals surface area contributed by atoms with E-state index in [1.165, 1.54) is 31.9 Å². The van der Waals surface area contributed by atoms with Crippen molar-refractivity contribution < 1.29 is 9.13 Å². The topological polar surface area (TPSA) is 47.9 Å². The Kier molecular flexibility index (Phi) is 2.53. The van der Waals surface area contributed by atoms with Crippen molar-refractivity contribution in [1.82, 2.24) is 15.0 Å². The Morgan fingerprint density at radius 2 is 1.93 bits per heavy atom. The maximum Gasteiger partial charge on any atom is 0.166 e. The quantitative estimate of drug-likeness (QED) is 0.748. The smallest absolute Gasteiger partial charge is 0.166 e. The van der Waals surface area contributed by atoms with Gasteiger partial charge in [0, 0.05) is 6.07 Å². The average molecular weight is 205 g/mol. The molecule has 15 heavy (non-hydrogen) atoms. The monoisotopic (exact) mass is 205 g/mol. The average Bonchev–Trinajstić information content (AvgIpc) is 2.30. The van der Waals surface area contributed by atoms with Crippen LogP contribution >= 0.6 is 0 Å². The molecule has 0 aliphatic carbocycles. The van der Waals surface area contributed by atoms with Crippen LogP contribution in [0.2, 0.25) is 0 Å². The standard InChI is InChI=1S/C10H8FN3O/c1-15-9-4-7(11)2-3-8(9)10-13-5-12-6-14-10/h2-6H,1H3. The van der Waals surface area contributed by atoms with Crippen LogP contribution in [0.5, 0.6) is 5.75 Å².